The number of halogens is 2. The van der Waals surface area contributed by atoms with Gasteiger partial charge in [0.15, 0.2) is 0 Å². The molecule has 29 heavy (non-hydrogen) atoms. The third-order valence-electron chi connectivity index (χ3n) is 5.09. The lowest BCUT2D eigenvalue weighted by Gasteiger charge is -2.33. The van der Waals surface area contributed by atoms with Gasteiger partial charge in [-0.15, -0.1) is 11.3 Å². The number of carbonyl (C=O) groups excluding carboxylic acids is 1. The zero-order chi connectivity index (χ0) is 20.7. The molecule has 3 heterocycles. The number of rotatable bonds is 3. The molecule has 1 saturated heterocycles. The average molecular weight is 417 g/mol. The highest BCUT2D eigenvalue weighted by molar-refractivity contribution is 7.20. The predicted octanol–water partition coefficient (Wildman–Crippen LogP) is 3.59. The van der Waals surface area contributed by atoms with E-state index in [1.807, 2.05) is 13.8 Å². The number of likely N-dealkylation sites (N-methyl/N-ethyl adjacent to an activating group) is 1. The van der Waals surface area contributed by atoms with Gasteiger partial charge < -0.3 is 15.1 Å². The molecule has 0 aliphatic carbocycles. The van der Waals surface area contributed by atoms with Crippen molar-refractivity contribution in [3.8, 4) is 0 Å². The number of carbonyl (C=O) groups is 1. The Morgan fingerprint density at radius 1 is 1.10 bits per heavy atom. The lowest BCUT2D eigenvalue weighted by atomic mass is 10.1. The molecule has 1 N–H and O–H groups in total. The number of nitrogens with one attached hydrogen (secondary N) is 1. The van der Waals surface area contributed by atoms with Gasteiger partial charge in [-0.1, -0.05) is 6.07 Å². The van der Waals surface area contributed by atoms with Crippen LogP contribution in [0.2, 0.25) is 0 Å². The Morgan fingerprint density at radius 3 is 2.41 bits per heavy atom. The quantitative estimate of drug-likeness (QED) is 0.706. The molecule has 0 saturated carbocycles. The molecule has 6 nitrogen and oxygen atoms in total. The number of para-hydroxylation sites is 1. The highest BCUT2D eigenvalue weighted by Gasteiger charge is 2.25. The van der Waals surface area contributed by atoms with Crippen molar-refractivity contribution in [2.24, 2.45) is 0 Å². The van der Waals surface area contributed by atoms with Crippen molar-refractivity contribution in [1.82, 2.24) is 14.9 Å². The fourth-order valence-electron chi connectivity index (χ4n) is 3.47. The van der Waals surface area contributed by atoms with E-state index in [1.54, 1.807) is 0 Å². The smallest absolute Gasteiger partial charge is 0.266 e. The van der Waals surface area contributed by atoms with Gasteiger partial charge in [-0.25, -0.2) is 18.7 Å². The van der Waals surface area contributed by atoms with Crippen molar-refractivity contribution >= 4 is 39.0 Å². The van der Waals surface area contributed by atoms with Crippen LogP contribution in [0.1, 0.15) is 21.1 Å². The highest BCUT2D eigenvalue weighted by Crippen LogP contribution is 2.36. The Hall–Kier alpha value is -2.65. The van der Waals surface area contributed by atoms with E-state index in [9.17, 15) is 13.6 Å². The zero-order valence-electron chi connectivity index (χ0n) is 16.4. The molecule has 3 aromatic rings. The molecule has 0 spiro atoms. The van der Waals surface area contributed by atoms with E-state index < -0.39 is 23.2 Å². The van der Waals surface area contributed by atoms with Crippen LogP contribution < -0.4 is 10.2 Å². The van der Waals surface area contributed by atoms with Crippen LogP contribution in [0.5, 0.6) is 0 Å². The number of thiophene rings is 1. The van der Waals surface area contributed by atoms with Crippen LogP contribution in [0.4, 0.5) is 20.3 Å². The normalized spacial score (nSPS) is 15.1. The summed E-state index contributed by atoms with van der Waals surface area (Å²) in [6.07, 6.45) is 0. The molecule has 1 aliphatic rings. The lowest BCUT2D eigenvalue weighted by Crippen LogP contribution is -2.45. The predicted molar refractivity (Wildman–Crippen MR) is 111 cm³/mol. The number of hydrogen-bond donors (Lipinski definition) is 1. The topological polar surface area (TPSA) is 61.4 Å². The second kappa shape index (κ2) is 7.64. The summed E-state index contributed by atoms with van der Waals surface area (Å²) in [6.45, 7) is 7.16. The number of piperazine rings is 1. The molecule has 0 bridgehead atoms. The molecule has 1 aliphatic heterocycles. The van der Waals surface area contributed by atoms with E-state index in [0.717, 1.165) is 49.5 Å². The zero-order valence-corrected chi connectivity index (χ0v) is 17.2. The molecule has 4 rings (SSSR count). The Morgan fingerprint density at radius 2 is 1.76 bits per heavy atom. The minimum atomic E-state index is -0.814. The molecule has 0 unspecified atom stereocenters. The largest absolute Gasteiger partial charge is 0.353 e. The van der Waals surface area contributed by atoms with Crippen LogP contribution >= 0.6 is 11.3 Å². The van der Waals surface area contributed by atoms with Crippen LogP contribution in [0.15, 0.2) is 18.2 Å². The molecule has 0 radical (unpaired) electrons. The maximum absolute atomic E-state index is 13.9. The van der Waals surface area contributed by atoms with Crippen molar-refractivity contribution in [1.29, 1.82) is 0 Å². The van der Waals surface area contributed by atoms with Gasteiger partial charge in [0.05, 0.1) is 10.3 Å². The van der Waals surface area contributed by atoms with Gasteiger partial charge in [0.25, 0.3) is 5.91 Å². The third kappa shape index (κ3) is 3.67. The van der Waals surface area contributed by atoms with Gasteiger partial charge in [0, 0.05) is 26.2 Å². The van der Waals surface area contributed by atoms with Crippen LogP contribution in [0, 0.1) is 25.5 Å². The maximum Gasteiger partial charge on any atom is 0.266 e. The minimum absolute atomic E-state index is 0.373. The van der Waals surface area contributed by atoms with Gasteiger partial charge >= 0.3 is 0 Å². The molecule has 1 fully saturated rings. The second-order valence-electron chi connectivity index (χ2n) is 7.17. The number of aromatic nitrogens is 2. The minimum Gasteiger partial charge on any atom is -0.353 e. The van der Waals surface area contributed by atoms with Crippen molar-refractivity contribution in [3.05, 3.63) is 46.1 Å². The van der Waals surface area contributed by atoms with Crippen molar-refractivity contribution in [2.45, 2.75) is 13.8 Å². The molecule has 0 atom stereocenters. The Balaban J connectivity index is 1.74. The fraction of sp³-hybridized carbons (Fsp3) is 0.350. The van der Waals surface area contributed by atoms with Crippen molar-refractivity contribution in [2.75, 3.05) is 43.4 Å². The highest BCUT2D eigenvalue weighted by atomic mass is 32.1. The fourth-order valence-corrected chi connectivity index (χ4v) is 4.59. The number of anilines is 2. The van der Waals surface area contributed by atoms with Gasteiger partial charge in [0.2, 0.25) is 0 Å². The molecule has 152 valence electrons. The summed E-state index contributed by atoms with van der Waals surface area (Å²) in [5, 5.41) is 3.19. The summed E-state index contributed by atoms with van der Waals surface area (Å²) >= 11 is 1.21. The summed E-state index contributed by atoms with van der Waals surface area (Å²) in [6, 6.07) is 3.47. The number of aryl methyl sites for hydroxylation is 2. The first kappa shape index (κ1) is 19.7. The van der Waals surface area contributed by atoms with Gasteiger partial charge in [-0.2, -0.15) is 0 Å². The van der Waals surface area contributed by atoms with Gasteiger partial charge in [-0.05, 0) is 38.6 Å². The molecular weight excluding hydrogens is 396 g/mol. The van der Waals surface area contributed by atoms with E-state index in [4.69, 9.17) is 0 Å². The first-order chi connectivity index (χ1) is 13.8. The number of benzene rings is 1. The van der Waals surface area contributed by atoms with E-state index >= 15 is 0 Å². The summed E-state index contributed by atoms with van der Waals surface area (Å²) in [5.74, 6) is -0.751. The van der Waals surface area contributed by atoms with Gasteiger partial charge in [0.1, 0.15) is 33.8 Å². The standard InChI is InChI=1S/C20H21F2N5OS/c1-11-15-18(27-9-7-26(3)8-10-27)23-12(2)24-20(15)29-17(11)19(28)25-16-13(21)5-4-6-14(16)22/h4-6H,7-10H2,1-3H3,(H,25,28). The van der Waals surface area contributed by atoms with Crippen LogP contribution in [-0.4, -0.2) is 54.0 Å². The second-order valence-corrected chi connectivity index (χ2v) is 8.17. The summed E-state index contributed by atoms with van der Waals surface area (Å²) in [4.78, 5) is 27.5. The Kier molecular flexibility index (Phi) is 5.18. The summed E-state index contributed by atoms with van der Waals surface area (Å²) in [5.41, 5.74) is 0.268. The first-order valence-corrected chi connectivity index (χ1v) is 10.1. The number of amides is 1. The Labute approximate surface area is 171 Å². The van der Waals surface area contributed by atoms with E-state index in [1.165, 1.54) is 17.4 Å². The third-order valence-corrected chi connectivity index (χ3v) is 6.28. The number of fused-ring (bicyclic) bond motifs is 1. The Bertz CT molecular complexity index is 1070. The van der Waals surface area contributed by atoms with Crippen LogP contribution in [0.25, 0.3) is 10.2 Å². The summed E-state index contributed by atoms with van der Waals surface area (Å²) in [7, 11) is 2.08. The molecule has 1 amide bonds. The van der Waals surface area contributed by atoms with E-state index in [-0.39, 0.29) is 0 Å². The first-order valence-electron chi connectivity index (χ1n) is 9.31. The van der Waals surface area contributed by atoms with Gasteiger partial charge in [-0.3, -0.25) is 4.79 Å². The van der Waals surface area contributed by atoms with Crippen molar-refractivity contribution < 1.29 is 13.6 Å². The van der Waals surface area contributed by atoms with Crippen molar-refractivity contribution in [3.63, 3.8) is 0 Å². The lowest BCUT2D eigenvalue weighted by molar-refractivity contribution is 0.102. The van der Waals surface area contributed by atoms with Crippen LogP contribution in [-0.2, 0) is 0 Å². The molecule has 2 aromatic heterocycles. The monoisotopic (exact) mass is 417 g/mol. The SMILES string of the molecule is Cc1nc(N2CCN(C)CC2)c2c(C)c(C(=O)Nc3c(F)cccc3F)sc2n1. The molecule has 9 heteroatoms. The maximum atomic E-state index is 13.9. The summed E-state index contributed by atoms with van der Waals surface area (Å²) < 4.78 is 27.9. The number of nitrogens with zero attached hydrogens (tertiary/aromatic N) is 4. The number of hydrogen-bond acceptors (Lipinski definition) is 6. The van der Waals surface area contributed by atoms with Crippen LogP contribution in [0.3, 0.4) is 0 Å². The molecule has 1 aromatic carbocycles. The molecular formula is C20H21F2N5OS. The average Bonchev–Trinajstić information content (AvgIpc) is 3.01. The van der Waals surface area contributed by atoms with E-state index in [0.29, 0.717) is 21.1 Å². The van der Waals surface area contributed by atoms with E-state index in [2.05, 4.69) is 32.1 Å².